The van der Waals surface area contributed by atoms with Crippen LogP contribution in [0.3, 0.4) is 0 Å². The molecule has 2 N–H and O–H groups in total. The maximum atomic E-state index is 5.88. The predicted molar refractivity (Wildman–Crippen MR) is 68.2 cm³/mol. The Bertz CT molecular complexity index is 540. The van der Waals surface area contributed by atoms with Crippen molar-refractivity contribution in [1.29, 1.82) is 0 Å². The van der Waals surface area contributed by atoms with Gasteiger partial charge in [-0.2, -0.15) is 5.10 Å². The van der Waals surface area contributed by atoms with Crippen LogP contribution >= 0.6 is 0 Å². The molecule has 0 saturated heterocycles. The van der Waals surface area contributed by atoms with E-state index in [2.05, 4.69) is 23.9 Å². The zero-order valence-corrected chi connectivity index (χ0v) is 10.7. The van der Waals surface area contributed by atoms with E-state index in [1.54, 1.807) is 6.20 Å². The van der Waals surface area contributed by atoms with Crippen LogP contribution in [0.15, 0.2) is 18.3 Å². The van der Waals surface area contributed by atoms with Crippen molar-refractivity contribution in [2.45, 2.75) is 33.7 Å². The second kappa shape index (κ2) is 4.30. The first kappa shape index (κ1) is 11.8. The van der Waals surface area contributed by atoms with Crippen LogP contribution in [0.2, 0.25) is 0 Å². The molecule has 0 aliphatic carbocycles. The first-order valence-electron chi connectivity index (χ1n) is 5.75. The van der Waals surface area contributed by atoms with Gasteiger partial charge in [-0.25, -0.2) is 9.67 Å². The number of hydrogen-bond donors (Lipinski definition) is 1. The van der Waals surface area contributed by atoms with Crippen LogP contribution in [0, 0.1) is 20.8 Å². The van der Waals surface area contributed by atoms with Gasteiger partial charge in [0, 0.05) is 17.9 Å². The Hall–Kier alpha value is -1.68. The molecule has 17 heavy (non-hydrogen) atoms. The van der Waals surface area contributed by atoms with Gasteiger partial charge in [-0.1, -0.05) is 0 Å². The Morgan fingerprint density at radius 3 is 2.53 bits per heavy atom. The van der Waals surface area contributed by atoms with Crippen molar-refractivity contribution in [2.75, 3.05) is 0 Å². The second-order valence-corrected chi connectivity index (χ2v) is 4.44. The lowest BCUT2D eigenvalue weighted by molar-refractivity contribution is 0.780. The van der Waals surface area contributed by atoms with Crippen molar-refractivity contribution in [3.05, 3.63) is 40.8 Å². The molecule has 2 aromatic rings. The Kier molecular flexibility index (Phi) is 2.98. The third kappa shape index (κ3) is 2.08. The third-order valence-corrected chi connectivity index (χ3v) is 3.17. The molecular formula is C13H18N4. The van der Waals surface area contributed by atoms with Crippen molar-refractivity contribution >= 4 is 0 Å². The molecule has 4 heteroatoms. The molecule has 0 aliphatic heterocycles. The number of rotatable bonds is 2. The SMILES string of the molecule is Cc1nn(-c2cc(C(C)N)ccn2)c(C)c1C. The molecule has 0 fully saturated rings. The minimum absolute atomic E-state index is 0.00909. The van der Waals surface area contributed by atoms with Crippen molar-refractivity contribution in [2.24, 2.45) is 5.73 Å². The van der Waals surface area contributed by atoms with Gasteiger partial charge in [0.25, 0.3) is 0 Å². The number of aryl methyl sites for hydroxylation is 1. The molecule has 1 atom stereocenters. The van der Waals surface area contributed by atoms with Crippen LogP contribution < -0.4 is 5.73 Å². The zero-order chi connectivity index (χ0) is 12.6. The van der Waals surface area contributed by atoms with Gasteiger partial charge in [0.05, 0.1) is 5.69 Å². The summed E-state index contributed by atoms with van der Waals surface area (Å²) in [5.74, 6) is 0.827. The molecular weight excluding hydrogens is 212 g/mol. The molecule has 0 radical (unpaired) electrons. The molecule has 0 spiro atoms. The first-order chi connectivity index (χ1) is 8.00. The smallest absolute Gasteiger partial charge is 0.153 e. The van der Waals surface area contributed by atoms with Gasteiger partial charge in [-0.05, 0) is 51.0 Å². The second-order valence-electron chi connectivity index (χ2n) is 4.44. The lowest BCUT2D eigenvalue weighted by Crippen LogP contribution is -2.08. The topological polar surface area (TPSA) is 56.7 Å². The zero-order valence-electron chi connectivity index (χ0n) is 10.7. The fraction of sp³-hybridized carbons (Fsp3) is 0.385. The first-order valence-corrected chi connectivity index (χ1v) is 5.75. The van der Waals surface area contributed by atoms with Crippen molar-refractivity contribution in [3.8, 4) is 5.82 Å². The lowest BCUT2D eigenvalue weighted by atomic mass is 10.1. The summed E-state index contributed by atoms with van der Waals surface area (Å²) in [5.41, 5.74) is 10.3. The molecule has 4 nitrogen and oxygen atoms in total. The van der Waals surface area contributed by atoms with E-state index in [4.69, 9.17) is 5.73 Å². The number of nitrogens with zero attached hydrogens (tertiary/aromatic N) is 3. The fourth-order valence-electron chi connectivity index (χ4n) is 1.78. The number of pyridine rings is 1. The minimum Gasteiger partial charge on any atom is -0.324 e. The van der Waals surface area contributed by atoms with E-state index in [0.29, 0.717) is 0 Å². The summed E-state index contributed by atoms with van der Waals surface area (Å²) < 4.78 is 1.87. The molecule has 2 aromatic heterocycles. The van der Waals surface area contributed by atoms with Crippen molar-refractivity contribution in [3.63, 3.8) is 0 Å². The van der Waals surface area contributed by atoms with E-state index in [0.717, 1.165) is 22.8 Å². The summed E-state index contributed by atoms with van der Waals surface area (Å²) in [5, 5.41) is 4.49. The lowest BCUT2D eigenvalue weighted by Gasteiger charge is -2.08. The number of nitrogens with two attached hydrogens (primary N) is 1. The average molecular weight is 230 g/mol. The standard InChI is InChI=1S/C13H18N4/c1-8-10(3)16-17(11(8)4)13-7-12(9(2)14)5-6-15-13/h5-7,9H,14H2,1-4H3. The van der Waals surface area contributed by atoms with E-state index in [1.165, 1.54) is 5.56 Å². The van der Waals surface area contributed by atoms with Gasteiger partial charge in [-0.15, -0.1) is 0 Å². The summed E-state index contributed by atoms with van der Waals surface area (Å²) in [6.45, 7) is 8.10. The normalized spacial score (nSPS) is 12.8. The molecule has 0 saturated carbocycles. The van der Waals surface area contributed by atoms with Crippen LogP contribution in [-0.4, -0.2) is 14.8 Å². The Labute approximate surface area is 101 Å². The van der Waals surface area contributed by atoms with Crippen LogP contribution in [0.4, 0.5) is 0 Å². The highest BCUT2D eigenvalue weighted by Crippen LogP contribution is 2.17. The Morgan fingerprint density at radius 2 is 2.00 bits per heavy atom. The van der Waals surface area contributed by atoms with Gasteiger partial charge in [-0.3, -0.25) is 0 Å². The molecule has 0 bridgehead atoms. The largest absolute Gasteiger partial charge is 0.324 e. The maximum Gasteiger partial charge on any atom is 0.153 e. The highest BCUT2D eigenvalue weighted by atomic mass is 15.3. The Morgan fingerprint density at radius 1 is 1.29 bits per heavy atom. The van der Waals surface area contributed by atoms with Crippen LogP contribution in [-0.2, 0) is 0 Å². The quantitative estimate of drug-likeness (QED) is 0.860. The highest BCUT2D eigenvalue weighted by Gasteiger charge is 2.10. The molecule has 0 amide bonds. The van der Waals surface area contributed by atoms with Gasteiger partial charge in [0.1, 0.15) is 0 Å². The summed E-state index contributed by atoms with van der Waals surface area (Å²) >= 11 is 0. The predicted octanol–water partition coefficient (Wildman–Crippen LogP) is 2.21. The van der Waals surface area contributed by atoms with E-state index in [9.17, 15) is 0 Å². The minimum atomic E-state index is 0.00909. The van der Waals surface area contributed by atoms with Crippen molar-refractivity contribution < 1.29 is 0 Å². The van der Waals surface area contributed by atoms with Crippen molar-refractivity contribution in [1.82, 2.24) is 14.8 Å². The summed E-state index contributed by atoms with van der Waals surface area (Å²) in [6.07, 6.45) is 1.78. The van der Waals surface area contributed by atoms with Gasteiger partial charge < -0.3 is 5.73 Å². The summed E-state index contributed by atoms with van der Waals surface area (Å²) in [7, 11) is 0. The van der Waals surface area contributed by atoms with Gasteiger partial charge in [0.15, 0.2) is 5.82 Å². The summed E-state index contributed by atoms with van der Waals surface area (Å²) in [6, 6.07) is 3.94. The van der Waals surface area contributed by atoms with Crippen LogP contribution in [0.5, 0.6) is 0 Å². The number of hydrogen-bond acceptors (Lipinski definition) is 3. The third-order valence-electron chi connectivity index (χ3n) is 3.17. The maximum absolute atomic E-state index is 5.88. The molecule has 1 unspecified atom stereocenters. The van der Waals surface area contributed by atoms with E-state index < -0.39 is 0 Å². The number of aromatic nitrogens is 3. The van der Waals surface area contributed by atoms with Gasteiger partial charge in [0.2, 0.25) is 0 Å². The molecule has 90 valence electrons. The Balaban J connectivity index is 2.53. The molecule has 2 rings (SSSR count). The van der Waals surface area contributed by atoms with E-state index in [1.807, 2.05) is 30.7 Å². The molecule has 0 aromatic carbocycles. The average Bonchev–Trinajstić information content (AvgIpc) is 2.57. The van der Waals surface area contributed by atoms with E-state index in [-0.39, 0.29) is 6.04 Å². The van der Waals surface area contributed by atoms with E-state index >= 15 is 0 Å². The molecule has 2 heterocycles. The summed E-state index contributed by atoms with van der Waals surface area (Å²) in [4.78, 5) is 4.35. The van der Waals surface area contributed by atoms with Gasteiger partial charge >= 0.3 is 0 Å². The fourth-order valence-corrected chi connectivity index (χ4v) is 1.78. The van der Waals surface area contributed by atoms with Crippen LogP contribution in [0.1, 0.15) is 35.5 Å². The monoisotopic (exact) mass is 230 g/mol. The highest BCUT2D eigenvalue weighted by molar-refractivity contribution is 5.34. The van der Waals surface area contributed by atoms with Crippen LogP contribution in [0.25, 0.3) is 5.82 Å². The molecule has 0 aliphatic rings.